The topological polar surface area (TPSA) is 59.6 Å². The van der Waals surface area contributed by atoms with Crippen molar-refractivity contribution in [3.63, 3.8) is 0 Å². The maximum absolute atomic E-state index is 12.6. The first-order valence-electron chi connectivity index (χ1n) is 8.24. The Morgan fingerprint density at radius 2 is 1.96 bits per heavy atom. The summed E-state index contributed by atoms with van der Waals surface area (Å²) >= 11 is 12.9. The van der Waals surface area contributed by atoms with Gasteiger partial charge in [-0.2, -0.15) is 0 Å². The predicted molar refractivity (Wildman–Crippen MR) is 119 cm³/mol. The van der Waals surface area contributed by atoms with Gasteiger partial charge in [0.15, 0.2) is 5.11 Å². The average molecular weight is 433 g/mol. The van der Waals surface area contributed by atoms with Crippen LogP contribution in [0.1, 0.15) is 9.67 Å². The maximum atomic E-state index is 12.6. The molecule has 0 radical (unpaired) electrons. The molecule has 0 aliphatic rings. The largest absolute Gasteiger partial charge is 0.497 e. The lowest BCUT2D eigenvalue weighted by molar-refractivity contribution is 0.0982. The Kier molecular flexibility index (Phi) is 6.51. The van der Waals surface area contributed by atoms with Crippen molar-refractivity contribution in [2.24, 2.45) is 0 Å². The SMILES string of the molecule is C=CCOc1ccc(NC(=S)NC(=O)c2sc3cc(OC)ccc3c2Cl)cc1. The van der Waals surface area contributed by atoms with Crippen molar-refractivity contribution in [2.75, 3.05) is 19.0 Å². The first-order valence-corrected chi connectivity index (χ1v) is 9.84. The molecule has 0 unspecified atom stereocenters. The van der Waals surface area contributed by atoms with E-state index in [4.69, 9.17) is 33.3 Å². The van der Waals surface area contributed by atoms with Gasteiger partial charge in [-0.05, 0) is 54.7 Å². The summed E-state index contributed by atoms with van der Waals surface area (Å²) in [6.45, 7) is 4.04. The Balaban J connectivity index is 1.67. The van der Waals surface area contributed by atoms with Gasteiger partial charge in [0.05, 0.1) is 12.1 Å². The van der Waals surface area contributed by atoms with Gasteiger partial charge in [-0.15, -0.1) is 11.3 Å². The third kappa shape index (κ3) is 4.62. The number of nitrogens with one attached hydrogen (secondary N) is 2. The summed E-state index contributed by atoms with van der Waals surface area (Å²) in [4.78, 5) is 13.0. The number of fused-ring (bicyclic) bond motifs is 1. The zero-order valence-electron chi connectivity index (χ0n) is 15.0. The molecule has 0 saturated carbocycles. The van der Waals surface area contributed by atoms with Crippen LogP contribution in [0.4, 0.5) is 5.69 Å². The van der Waals surface area contributed by atoms with Gasteiger partial charge in [0.2, 0.25) is 0 Å². The van der Waals surface area contributed by atoms with E-state index in [1.165, 1.54) is 11.3 Å². The van der Waals surface area contributed by atoms with E-state index in [1.807, 2.05) is 12.1 Å². The number of hydrogen-bond acceptors (Lipinski definition) is 5. The number of amides is 1. The van der Waals surface area contributed by atoms with Crippen LogP contribution < -0.4 is 20.1 Å². The molecule has 8 heteroatoms. The highest BCUT2D eigenvalue weighted by Gasteiger charge is 2.18. The van der Waals surface area contributed by atoms with Crippen molar-refractivity contribution in [3.05, 3.63) is 65.0 Å². The molecule has 0 saturated heterocycles. The Hall–Kier alpha value is -2.61. The van der Waals surface area contributed by atoms with E-state index in [0.717, 1.165) is 15.8 Å². The molecule has 0 atom stereocenters. The highest BCUT2D eigenvalue weighted by Crippen LogP contribution is 2.37. The zero-order chi connectivity index (χ0) is 20.1. The molecule has 1 aromatic heterocycles. The molecular weight excluding hydrogens is 416 g/mol. The van der Waals surface area contributed by atoms with Gasteiger partial charge in [0, 0.05) is 15.8 Å². The number of thiophene rings is 1. The van der Waals surface area contributed by atoms with Crippen LogP contribution in [0.25, 0.3) is 10.1 Å². The molecule has 5 nitrogen and oxygen atoms in total. The minimum Gasteiger partial charge on any atom is -0.497 e. The highest BCUT2D eigenvalue weighted by atomic mass is 35.5. The number of carbonyl (C=O) groups is 1. The van der Waals surface area contributed by atoms with E-state index in [9.17, 15) is 4.79 Å². The summed E-state index contributed by atoms with van der Waals surface area (Å²) in [5.41, 5.74) is 0.725. The van der Waals surface area contributed by atoms with Crippen molar-refractivity contribution in [3.8, 4) is 11.5 Å². The number of ether oxygens (including phenoxy) is 2. The second-order valence-electron chi connectivity index (χ2n) is 5.64. The Labute approximate surface area is 176 Å². The molecule has 1 heterocycles. The quantitative estimate of drug-likeness (QED) is 0.411. The van der Waals surface area contributed by atoms with E-state index >= 15 is 0 Å². The summed E-state index contributed by atoms with van der Waals surface area (Å²) < 4.78 is 11.5. The Morgan fingerprint density at radius 1 is 1.25 bits per heavy atom. The van der Waals surface area contributed by atoms with Crippen LogP contribution in [0.15, 0.2) is 55.1 Å². The first-order chi connectivity index (χ1) is 13.5. The third-order valence-corrected chi connectivity index (χ3v) is 5.61. The molecule has 0 aliphatic carbocycles. The van der Waals surface area contributed by atoms with E-state index in [-0.39, 0.29) is 11.0 Å². The molecule has 144 valence electrons. The summed E-state index contributed by atoms with van der Waals surface area (Å²) in [7, 11) is 1.59. The third-order valence-electron chi connectivity index (χ3n) is 3.75. The smallest absolute Gasteiger partial charge is 0.269 e. The van der Waals surface area contributed by atoms with Crippen LogP contribution in [-0.4, -0.2) is 24.7 Å². The van der Waals surface area contributed by atoms with Crippen molar-refractivity contribution < 1.29 is 14.3 Å². The van der Waals surface area contributed by atoms with Crippen LogP contribution in [-0.2, 0) is 0 Å². The van der Waals surface area contributed by atoms with Gasteiger partial charge in [-0.1, -0.05) is 24.3 Å². The number of rotatable bonds is 6. The van der Waals surface area contributed by atoms with E-state index in [0.29, 0.717) is 28.0 Å². The highest BCUT2D eigenvalue weighted by molar-refractivity contribution is 7.80. The number of carbonyl (C=O) groups excluding carboxylic acids is 1. The average Bonchev–Trinajstić information content (AvgIpc) is 3.03. The van der Waals surface area contributed by atoms with Gasteiger partial charge in [0.1, 0.15) is 23.0 Å². The van der Waals surface area contributed by atoms with Gasteiger partial charge < -0.3 is 14.8 Å². The molecule has 3 rings (SSSR count). The van der Waals surface area contributed by atoms with Crippen LogP contribution >= 0.6 is 35.2 Å². The lowest BCUT2D eigenvalue weighted by Crippen LogP contribution is -2.33. The molecule has 1 amide bonds. The molecule has 0 spiro atoms. The summed E-state index contributed by atoms with van der Waals surface area (Å²) in [6, 6.07) is 12.7. The van der Waals surface area contributed by atoms with Crippen LogP contribution in [0.3, 0.4) is 0 Å². The standard InChI is InChI=1S/C20H17ClN2O3S2/c1-3-10-26-13-6-4-12(5-7-13)22-20(27)23-19(24)18-17(21)15-9-8-14(25-2)11-16(15)28-18/h3-9,11H,1,10H2,2H3,(H2,22,23,24,27). The second kappa shape index (κ2) is 9.05. The minimum absolute atomic E-state index is 0.177. The fraction of sp³-hybridized carbons (Fsp3) is 0.100. The molecule has 0 bridgehead atoms. The van der Waals surface area contributed by atoms with Crippen LogP contribution in [0.5, 0.6) is 11.5 Å². The van der Waals surface area contributed by atoms with Crippen LogP contribution in [0, 0.1) is 0 Å². The minimum atomic E-state index is -0.367. The zero-order valence-corrected chi connectivity index (χ0v) is 17.3. The molecule has 0 aliphatic heterocycles. The second-order valence-corrected chi connectivity index (χ2v) is 7.48. The number of anilines is 1. The molecule has 2 N–H and O–H groups in total. The van der Waals surface area contributed by atoms with Crippen molar-refractivity contribution in [2.45, 2.75) is 0 Å². The number of methoxy groups -OCH3 is 1. The molecule has 0 fully saturated rings. The lowest BCUT2D eigenvalue weighted by Gasteiger charge is -2.10. The normalized spacial score (nSPS) is 10.4. The fourth-order valence-electron chi connectivity index (χ4n) is 2.43. The van der Waals surface area contributed by atoms with Gasteiger partial charge >= 0.3 is 0 Å². The molecule has 28 heavy (non-hydrogen) atoms. The monoisotopic (exact) mass is 432 g/mol. The predicted octanol–water partition coefficient (Wildman–Crippen LogP) is 5.25. The Morgan fingerprint density at radius 3 is 2.64 bits per heavy atom. The van der Waals surface area contributed by atoms with Gasteiger partial charge in [0.25, 0.3) is 5.91 Å². The molecule has 3 aromatic rings. The van der Waals surface area contributed by atoms with E-state index in [2.05, 4.69) is 17.2 Å². The molecular formula is C20H17ClN2O3S2. The number of benzene rings is 2. The maximum Gasteiger partial charge on any atom is 0.269 e. The molecule has 2 aromatic carbocycles. The summed E-state index contributed by atoms with van der Waals surface area (Å²) in [5.74, 6) is 1.05. The fourth-order valence-corrected chi connectivity index (χ4v) is 4.08. The summed E-state index contributed by atoms with van der Waals surface area (Å²) in [5, 5.41) is 6.99. The number of halogens is 1. The number of thiocarbonyl (C=S) groups is 1. The van der Waals surface area contributed by atoms with Crippen molar-refractivity contribution in [1.29, 1.82) is 0 Å². The first kappa shape index (κ1) is 20.1. The van der Waals surface area contributed by atoms with Gasteiger partial charge in [-0.3, -0.25) is 10.1 Å². The van der Waals surface area contributed by atoms with Crippen molar-refractivity contribution >= 4 is 61.9 Å². The lowest BCUT2D eigenvalue weighted by atomic mass is 10.2. The van der Waals surface area contributed by atoms with Gasteiger partial charge in [-0.25, -0.2) is 0 Å². The van der Waals surface area contributed by atoms with E-state index < -0.39 is 0 Å². The number of hydrogen-bond donors (Lipinski definition) is 2. The summed E-state index contributed by atoms with van der Waals surface area (Å²) in [6.07, 6.45) is 1.67. The van der Waals surface area contributed by atoms with E-state index in [1.54, 1.807) is 43.5 Å². The van der Waals surface area contributed by atoms with Crippen LogP contribution in [0.2, 0.25) is 5.02 Å². The van der Waals surface area contributed by atoms with Crippen molar-refractivity contribution in [1.82, 2.24) is 5.32 Å². The Bertz CT molecular complexity index is 1030.